The van der Waals surface area contributed by atoms with Gasteiger partial charge in [-0.15, -0.1) is 0 Å². The molecule has 16 heavy (non-hydrogen) atoms. The van der Waals surface area contributed by atoms with Crippen LogP contribution in [0.4, 0.5) is 0 Å². The van der Waals surface area contributed by atoms with Crippen LogP contribution in [-0.2, 0) is 4.79 Å². The number of benzene rings is 1. The predicted molar refractivity (Wildman–Crippen MR) is 65.0 cm³/mol. The van der Waals surface area contributed by atoms with Crippen molar-refractivity contribution < 1.29 is 9.90 Å². The summed E-state index contributed by atoms with van der Waals surface area (Å²) in [5, 5.41) is 9.50. The van der Waals surface area contributed by atoms with Crippen molar-refractivity contribution in [3.05, 3.63) is 33.8 Å². The second kappa shape index (κ2) is 5.32. The summed E-state index contributed by atoms with van der Waals surface area (Å²) in [6, 6.07) is 3.72. The van der Waals surface area contributed by atoms with E-state index >= 15 is 0 Å². The lowest BCUT2D eigenvalue weighted by molar-refractivity contribution is -0.137. The Labute approximate surface area is 100 Å². The largest absolute Gasteiger partial charge is 0.481 e. The zero-order valence-electron chi connectivity index (χ0n) is 9.46. The molecule has 0 aliphatic carbocycles. The highest BCUT2D eigenvalue weighted by Gasteiger charge is 2.19. The van der Waals surface area contributed by atoms with E-state index < -0.39 is 5.97 Å². The molecule has 1 atom stereocenters. The summed E-state index contributed by atoms with van der Waals surface area (Å²) < 4.78 is 0. The molecule has 4 heteroatoms. The van der Waals surface area contributed by atoms with Crippen LogP contribution in [-0.4, -0.2) is 17.6 Å². The molecule has 0 saturated carbocycles. The van der Waals surface area contributed by atoms with Crippen LogP contribution in [0.25, 0.3) is 0 Å². The van der Waals surface area contributed by atoms with E-state index in [9.17, 15) is 4.79 Å². The van der Waals surface area contributed by atoms with E-state index in [1.54, 1.807) is 0 Å². The van der Waals surface area contributed by atoms with Crippen molar-refractivity contribution in [3.63, 3.8) is 0 Å². The lowest BCUT2D eigenvalue weighted by Gasteiger charge is -2.19. The van der Waals surface area contributed by atoms with Crippen LogP contribution >= 0.6 is 11.6 Å². The lowest BCUT2D eigenvalue weighted by Crippen LogP contribution is -2.18. The van der Waals surface area contributed by atoms with Gasteiger partial charge in [-0.05, 0) is 43.1 Å². The molecule has 1 unspecified atom stereocenters. The minimum atomic E-state index is -0.839. The third kappa shape index (κ3) is 2.74. The minimum Gasteiger partial charge on any atom is -0.481 e. The van der Waals surface area contributed by atoms with Crippen LogP contribution in [0.5, 0.6) is 0 Å². The molecule has 88 valence electrons. The van der Waals surface area contributed by atoms with Gasteiger partial charge in [0, 0.05) is 10.9 Å². The Bertz CT molecular complexity index is 404. The zero-order chi connectivity index (χ0) is 12.3. The first-order chi connectivity index (χ1) is 7.47. The number of hydrogen-bond donors (Lipinski definition) is 2. The monoisotopic (exact) mass is 241 g/mol. The molecule has 0 aliphatic heterocycles. The van der Waals surface area contributed by atoms with Crippen molar-refractivity contribution in [2.75, 3.05) is 6.54 Å². The van der Waals surface area contributed by atoms with Crippen molar-refractivity contribution in [1.82, 2.24) is 0 Å². The Morgan fingerprint density at radius 2 is 2.12 bits per heavy atom. The normalized spacial score (nSPS) is 12.5. The van der Waals surface area contributed by atoms with E-state index in [2.05, 4.69) is 0 Å². The number of carbonyl (C=O) groups is 1. The van der Waals surface area contributed by atoms with E-state index in [1.165, 1.54) is 0 Å². The van der Waals surface area contributed by atoms with E-state index in [0.29, 0.717) is 11.6 Å². The minimum absolute atomic E-state index is 0.0402. The molecule has 3 nitrogen and oxygen atoms in total. The Hall–Kier alpha value is -1.06. The summed E-state index contributed by atoms with van der Waals surface area (Å²) in [6.07, 6.45) is 0.0402. The molecule has 0 bridgehead atoms. The van der Waals surface area contributed by atoms with Gasteiger partial charge in [0.2, 0.25) is 0 Å². The van der Waals surface area contributed by atoms with Gasteiger partial charge in [0.15, 0.2) is 0 Å². The molecule has 0 radical (unpaired) electrons. The average Bonchev–Trinajstić information content (AvgIpc) is 2.22. The highest BCUT2D eigenvalue weighted by atomic mass is 35.5. The number of aryl methyl sites for hydroxylation is 1. The quantitative estimate of drug-likeness (QED) is 0.851. The first kappa shape index (κ1) is 13.0. The fourth-order valence-corrected chi connectivity index (χ4v) is 2.14. The van der Waals surface area contributed by atoms with Crippen molar-refractivity contribution >= 4 is 17.6 Å². The number of nitrogens with two attached hydrogens (primary N) is 1. The van der Waals surface area contributed by atoms with Crippen LogP contribution in [0, 0.1) is 13.8 Å². The summed E-state index contributed by atoms with van der Waals surface area (Å²) >= 11 is 6.04. The molecule has 1 aromatic rings. The van der Waals surface area contributed by atoms with Gasteiger partial charge in [-0.25, -0.2) is 0 Å². The van der Waals surface area contributed by atoms with Gasteiger partial charge < -0.3 is 10.8 Å². The van der Waals surface area contributed by atoms with Crippen molar-refractivity contribution in [1.29, 1.82) is 0 Å². The molecular formula is C12H16ClNO2. The number of carboxylic acids is 1. The second-order valence-electron chi connectivity index (χ2n) is 3.93. The Kier molecular flexibility index (Phi) is 4.33. The van der Waals surface area contributed by atoms with E-state index in [1.807, 2.05) is 26.0 Å². The fraction of sp³-hybridized carbons (Fsp3) is 0.417. The highest BCUT2D eigenvalue weighted by Crippen LogP contribution is 2.30. The summed E-state index contributed by atoms with van der Waals surface area (Å²) in [7, 11) is 0. The first-order valence-electron chi connectivity index (χ1n) is 5.14. The SMILES string of the molecule is Cc1ccc(Cl)c(C)c1C(CN)CC(=O)O. The fourth-order valence-electron chi connectivity index (χ4n) is 1.98. The molecule has 1 rings (SSSR count). The van der Waals surface area contributed by atoms with Crippen LogP contribution in [0.2, 0.25) is 5.02 Å². The molecule has 0 aliphatic rings. The summed E-state index contributed by atoms with van der Waals surface area (Å²) in [4.78, 5) is 10.8. The third-order valence-electron chi connectivity index (χ3n) is 2.78. The number of hydrogen-bond acceptors (Lipinski definition) is 2. The molecule has 1 aromatic carbocycles. The van der Waals surface area contributed by atoms with E-state index in [-0.39, 0.29) is 12.3 Å². The Balaban J connectivity index is 3.18. The van der Waals surface area contributed by atoms with Gasteiger partial charge in [-0.1, -0.05) is 17.7 Å². The molecule has 0 fully saturated rings. The lowest BCUT2D eigenvalue weighted by atomic mass is 9.88. The maximum atomic E-state index is 10.8. The molecular weight excluding hydrogens is 226 g/mol. The molecule has 0 spiro atoms. The number of aliphatic carboxylic acids is 1. The molecule has 0 saturated heterocycles. The summed E-state index contributed by atoms with van der Waals surface area (Å²) in [5.41, 5.74) is 8.57. The van der Waals surface area contributed by atoms with Crippen molar-refractivity contribution in [2.45, 2.75) is 26.2 Å². The molecule has 0 heterocycles. The van der Waals surface area contributed by atoms with E-state index in [0.717, 1.165) is 16.7 Å². The Morgan fingerprint density at radius 3 is 2.62 bits per heavy atom. The zero-order valence-corrected chi connectivity index (χ0v) is 10.2. The molecule has 3 N–H and O–H groups in total. The maximum Gasteiger partial charge on any atom is 0.304 e. The van der Waals surface area contributed by atoms with Crippen LogP contribution in [0.3, 0.4) is 0 Å². The van der Waals surface area contributed by atoms with Crippen LogP contribution in [0.15, 0.2) is 12.1 Å². The van der Waals surface area contributed by atoms with Gasteiger partial charge in [-0.3, -0.25) is 4.79 Å². The Morgan fingerprint density at radius 1 is 1.50 bits per heavy atom. The maximum absolute atomic E-state index is 10.8. The summed E-state index contributed by atoms with van der Waals surface area (Å²) in [6.45, 7) is 4.16. The van der Waals surface area contributed by atoms with Crippen LogP contribution < -0.4 is 5.73 Å². The highest BCUT2D eigenvalue weighted by molar-refractivity contribution is 6.31. The van der Waals surface area contributed by atoms with Gasteiger partial charge in [0.05, 0.1) is 6.42 Å². The topological polar surface area (TPSA) is 63.3 Å². The second-order valence-corrected chi connectivity index (χ2v) is 4.34. The first-order valence-corrected chi connectivity index (χ1v) is 5.52. The van der Waals surface area contributed by atoms with E-state index in [4.69, 9.17) is 22.4 Å². The molecule has 0 amide bonds. The number of halogens is 1. The van der Waals surface area contributed by atoms with Gasteiger partial charge >= 0.3 is 5.97 Å². The van der Waals surface area contributed by atoms with Crippen LogP contribution in [0.1, 0.15) is 29.0 Å². The van der Waals surface area contributed by atoms with Crippen molar-refractivity contribution in [3.8, 4) is 0 Å². The number of carboxylic acid groups (broad SMARTS) is 1. The third-order valence-corrected chi connectivity index (χ3v) is 3.19. The standard InChI is InChI=1S/C12H16ClNO2/c1-7-3-4-10(13)8(2)12(7)9(6-14)5-11(15)16/h3-4,9H,5-6,14H2,1-2H3,(H,15,16). The van der Waals surface area contributed by atoms with Gasteiger partial charge in [0.25, 0.3) is 0 Å². The molecule has 0 aromatic heterocycles. The average molecular weight is 242 g/mol. The van der Waals surface area contributed by atoms with Gasteiger partial charge in [0.1, 0.15) is 0 Å². The smallest absolute Gasteiger partial charge is 0.304 e. The predicted octanol–water partition coefficient (Wildman–Crippen LogP) is 2.47. The summed E-state index contributed by atoms with van der Waals surface area (Å²) in [5.74, 6) is -1.01. The number of rotatable bonds is 4. The van der Waals surface area contributed by atoms with Gasteiger partial charge in [-0.2, -0.15) is 0 Å². The van der Waals surface area contributed by atoms with Crippen molar-refractivity contribution in [2.24, 2.45) is 5.73 Å².